The van der Waals surface area contributed by atoms with Crippen LogP contribution in [0.2, 0.25) is 0 Å². The summed E-state index contributed by atoms with van der Waals surface area (Å²) in [5, 5.41) is 0. The molecule has 11 heteroatoms. The quantitative estimate of drug-likeness (QED) is 0.448. The second kappa shape index (κ2) is 5.89. The molecule has 0 amide bonds. The SMILES string of the molecule is FC(F)(F)C(F)(F)C(F)(F)C(F)(F)/C=C(/I)c1ccccn1. The number of alkyl halides is 9. The molecule has 0 aliphatic rings. The Labute approximate surface area is 131 Å². The molecule has 0 aliphatic carbocycles. The molecular weight excluding hydrogens is 444 g/mol. The lowest BCUT2D eigenvalue weighted by Gasteiger charge is -2.32. The van der Waals surface area contributed by atoms with Crippen molar-refractivity contribution in [2.75, 3.05) is 0 Å². The summed E-state index contributed by atoms with van der Waals surface area (Å²) in [5.74, 6) is -19.3. The van der Waals surface area contributed by atoms with Crippen LogP contribution >= 0.6 is 22.6 Å². The van der Waals surface area contributed by atoms with Crippen molar-refractivity contribution in [1.82, 2.24) is 4.98 Å². The van der Waals surface area contributed by atoms with Crippen LogP contribution in [0.1, 0.15) is 5.69 Å². The molecule has 0 spiro atoms. The summed E-state index contributed by atoms with van der Waals surface area (Å²) in [5.41, 5.74) is -0.283. The fourth-order valence-electron chi connectivity index (χ4n) is 1.22. The van der Waals surface area contributed by atoms with E-state index in [9.17, 15) is 39.5 Å². The monoisotopic (exact) mass is 449 g/mol. The molecule has 1 heterocycles. The molecule has 0 aliphatic heterocycles. The van der Waals surface area contributed by atoms with Crippen LogP contribution < -0.4 is 0 Å². The molecule has 22 heavy (non-hydrogen) atoms. The van der Waals surface area contributed by atoms with Crippen LogP contribution in [0.4, 0.5) is 39.5 Å². The minimum atomic E-state index is -6.90. The zero-order chi connectivity index (χ0) is 17.4. The topological polar surface area (TPSA) is 12.9 Å². The predicted molar refractivity (Wildman–Crippen MR) is 67.1 cm³/mol. The Kier molecular flexibility index (Phi) is 5.10. The second-order valence-corrected chi connectivity index (χ2v) is 5.14. The van der Waals surface area contributed by atoms with E-state index in [1.807, 2.05) is 0 Å². The van der Waals surface area contributed by atoms with E-state index in [-0.39, 0.29) is 5.69 Å². The molecule has 1 rings (SSSR count). The number of aromatic nitrogens is 1. The Morgan fingerprint density at radius 1 is 0.909 bits per heavy atom. The summed E-state index contributed by atoms with van der Waals surface area (Å²) in [4.78, 5) is 3.49. The molecule has 0 saturated carbocycles. The van der Waals surface area contributed by atoms with Crippen LogP contribution in [0, 0.1) is 0 Å². The van der Waals surface area contributed by atoms with Gasteiger partial charge >= 0.3 is 23.9 Å². The molecule has 1 aromatic heterocycles. The first-order chi connectivity index (χ1) is 9.74. The second-order valence-electron chi connectivity index (χ2n) is 3.98. The molecular formula is C11H5F9IN. The van der Waals surface area contributed by atoms with Crippen LogP contribution in [-0.4, -0.2) is 28.9 Å². The van der Waals surface area contributed by atoms with Crippen molar-refractivity contribution in [3.05, 3.63) is 36.2 Å². The molecule has 0 N–H and O–H groups in total. The number of nitrogens with zero attached hydrogens (tertiary/aromatic N) is 1. The number of hydrogen-bond acceptors (Lipinski definition) is 1. The van der Waals surface area contributed by atoms with Gasteiger partial charge in [-0.2, -0.15) is 39.5 Å². The van der Waals surface area contributed by atoms with E-state index in [4.69, 9.17) is 0 Å². The molecule has 0 saturated heterocycles. The lowest BCUT2D eigenvalue weighted by atomic mass is 10.0. The molecule has 0 fully saturated rings. The van der Waals surface area contributed by atoms with E-state index in [1.165, 1.54) is 12.1 Å². The van der Waals surface area contributed by atoms with Crippen molar-refractivity contribution < 1.29 is 39.5 Å². The van der Waals surface area contributed by atoms with Gasteiger partial charge in [0.1, 0.15) is 0 Å². The van der Waals surface area contributed by atoms with E-state index >= 15 is 0 Å². The van der Waals surface area contributed by atoms with Gasteiger partial charge in [0, 0.05) is 15.9 Å². The Morgan fingerprint density at radius 2 is 1.45 bits per heavy atom. The van der Waals surface area contributed by atoms with Gasteiger partial charge in [-0.25, -0.2) is 0 Å². The number of halogens is 10. The third-order valence-electron chi connectivity index (χ3n) is 2.39. The first kappa shape index (κ1) is 19.0. The average molecular weight is 449 g/mol. The van der Waals surface area contributed by atoms with Gasteiger partial charge in [-0.3, -0.25) is 4.98 Å². The molecule has 0 radical (unpaired) electrons. The lowest BCUT2D eigenvalue weighted by molar-refractivity contribution is -0.388. The fourth-order valence-corrected chi connectivity index (χ4v) is 1.93. The minimum absolute atomic E-state index is 0.283. The molecule has 0 unspecified atom stereocenters. The summed E-state index contributed by atoms with van der Waals surface area (Å²) in [7, 11) is 0. The van der Waals surface area contributed by atoms with Crippen LogP contribution in [0.25, 0.3) is 3.58 Å². The smallest absolute Gasteiger partial charge is 0.256 e. The number of rotatable bonds is 4. The minimum Gasteiger partial charge on any atom is -0.256 e. The predicted octanol–water partition coefficient (Wildman–Crippen LogP) is 5.33. The van der Waals surface area contributed by atoms with Crippen molar-refractivity contribution in [1.29, 1.82) is 0 Å². The lowest BCUT2D eigenvalue weighted by Crippen LogP contribution is -2.60. The highest BCUT2D eigenvalue weighted by molar-refractivity contribution is 14.1. The molecule has 0 atom stereocenters. The van der Waals surface area contributed by atoms with Crippen LogP contribution in [0.15, 0.2) is 30.5 Å². The van der Waals surface area contributed by atoms with Gasteiger partial charge in [-0.1, -0.05) is 6.07 Å². The van der Waals surface area contributed by atoms with Gasteiger partial charge in [0.15, 0.2) is 0 Å². The van der Waals surface area contributed by atoms with E-state index in [0.717, 1.165) is 34.9 Å². The number of allylic oxidation sites excluding steroid dienone is 1. The first-order valence-corrected chi connectivity index (χ1v) is 6.32. The summed E-state index contributed by atoms with van der Waals surface area (Å²) < 4.78 is 113. The van der Waals surface area contributed by atoms with Gasteiger partial charge in [0.05, 0.1) is 5.69 Å². The van der Waals surface area contributed by atoms with E-state index in [1.54, 1.807) is 0 Å². The van der Waals surface area contributed by atoms with Crippen molar-refractivity contribution in [3.63, 3.8) is 0 Å². The maximum Gasteiger partial charge on any atom is 0.460 e. The van der Waals surface area contributed by atoms with E-state index in [0.29, 0.717) is 0 Å². The van der Waals surface area contributed by atoms with Crippen molar-refractivity contribution in [2.24, 2.45) is 0 Å². The molecule has 124 valence electrons. The maximum atomic E-state index is 13.3. The van der Waals surface area contributed by atoms with Crippen LogP contribution in [0.3, 0.4) is 0 Å². The van der Waals surface area contributed by atoms with Gasteiger partial charge in [0.25, 0.3) is 0 Å². The summed E-state index contributed by atoms with van der Waals surface area (Å²) in [6.07, 6.45) is -6.40. The zero-order valence-corrected chi connectivity index (χ0v) is 12.3. The van der Waals surface area contributed by atoms with Crippen molar-refractivity contribution >= 4 is 26.2 Å². The van der Waals surface area contributed by atoms with Gasteiger partial charge in [0.2, 0.25) is 0 Å². The summed E-state index contributed by atoms with van der Waals surface area (Å²) in [6.45, 7) is 0. The molecule has 0 bridgehead atoms. The van der Waals surface area contributed by atoms with Crippen molar-refractivity contribution in [3.8, 4) is 0 Å². The average Bonchev–Trinajstić information content (AvgIpc) is 2.37. The standard InChI is InChI=1S/C11H5F9IN/c12-8(13,5-6(21)7-3-1-2-4-22-7)9(14,15)10(16,17)11(18,19)20/h1-5H/b6-5+. The molecule has 1 nitrogen and oxygen atoms in total. The van der Waals surface area contributed by atoms with Gasteiger partial charge in [-0.05, 0) is 34.7 Å². The third kappa shape index (κ3) is 3.33. The van der Waals surface area contributed by atoms with E-state index < -0.39 is 33.6 Å². The highest BCUT2D eigenvalue weighted by atomic mass is 127. The van der Waals surface area contributed by atoms with Gasteiger partial charge < -0.3 is 0 Å². The highest BCUT2D eigenvalue weighted by Crippen LogP contribution is 2.54. The van der Waals surface area contributed by atoms with Crippen LogP contribution in [0.5, 0.6) is 0 Å². The normalized spacial score (nSPS) is 15.1. The Balaban J connectivity index is 3.28. The van der Waals surface area contributed by atoms with Crippen molar-refractivity contribution in [2.45, 2.75) is 23.9 Å². The Morgan fingerprint density at radius 3 is 1.86 bits per heavy atom. The summed E-state index contributed by atoms with van der Waals surface area (Å²) >= 11 is 1.08. The fraction of sp³-hybridized carbons (Fsp3) is 0.364. The maximum absolute atomic E-state index is 13.3. The number of hydrogen-bond donors (Lipinski definition) is 0. The van der Waals surface area contributed by atoms with E-state index in [2.05, 4.69) is 4.98 Å². The summed E-state index contributed by atoms with van der Waals surface area (Å²) in [6, 6.07) is 3.74. The zero-order valence-electron chi connectivity index (χ0n) is 10.1. The third-order valence-corrected chi connectivity index (χ3v) is 3.25. The number of pyridine rings is 1. The molecule has 1 aromatic rings. The largest absolute Gasteiger partial charge is 0.460 e. The first-order valence-electron chi connectivity index (χ1n) is 5.24. The highest BCUT2D eigenvalue weighted by Gasteiger charge is 2.81. The Bertz CT molecular complexity index is 550. The molecule has 0 aromatic carbocycles. The van der Waals surface area contributed by atoms with Gasteiger partial charge in [-0.15, -0.1) is 0 Å². The Hall–Kier alpha value is -1.01. The van der Waals surface area contributed by atoms with Crippen LogP contribution in [-0.2, 0) is 0 Å².